The zero-order chi connectivity index (χ0) is 37.0. The summed E-state index contributed by atoms with van der Waals surface area (Å²) in [7, 11) is 0. The van der Waals surface area contributed by atoms with Gasteiger partial charge in [0.15, 0.2) is 11.5 Å². The van der Waals surface area contributed by atoms with E-state index in [1.807, 2.05) is 46.9 Å². The van der Waals surface area contributed by atoms with Gasteiger partial charge in [-0.2, -0.15) is 16.9 Å². The lowest BCUT2D eigenvalue weighted by molar-refractivity contribution is 0.0342. The number of fused-ring (bicyclic) bond motifs is 1. The molecule has 2 amide bonds. The number of carbonyl (C=O) groups is 1. The SMILES string of the molecule is CSCC(C)(C)c1cc(NC(=O)NCc2ccccc2Sc2ccc3nnc(-c4ccc(CN5CCOCC5)cc4)n3c2)n(-c2ccc(O)c(Cl)c2)n1. The Morgan fingerprint density at radius 1 is 1.00 bits per heavy atom. The highest BCUT2D eigenvalue weighted by molar-refractivity contribution is 7.99. The number of pyridine rings is 1. The van der Waals surface area contributed by atoms with Gasteiger partial charge in [-0.3, -0.25) is 14.6 Å². The number of rotatable bonds is 12. The third kappa shape index (κ3) is 8.66. The van der Waals surface area contributed by atoms with E-state index in [0.717, 1.165) is 76.7 Å². The predicted octanol–water partition coefficient (Wildman–Crippen LogP) is 7.89. The molecule has 0 spiro atoms. The Balaban J connectivity index is 1.05. The van der Waals surface area contributed by atoms with E-state index < -0.39 is 0 Å². The average Bonchev–Trinajstić information content (AvgIpc) is 3.78. The Bertz CT molecular complexity index is 2220. The quantitative estimate of drug-likeness (QED) is 0.114. The van der Waals surface area contributed by atoms with Gasteiger partial charge in [-0.15, -0.1) is 10.2 Å². The van der Waals surface area contributed by atoms with E-state index in [4.69, 9.17) is 21.4 Å². The Morgan fingerprint density at radius 2 is 1.79 bits per heavy atom. The molecule has 3 N–H and O–H groups in total. The number of amides is 2. The zero-order valence-electron chi connectivity index (χ0n) is 29.8. The molecule has 0 saturated carbocycles. The van der Waals surface area contributed by atoms with Gasteiger partial charge in [-0.05, 0) is 53.8 Å². The fraction of sp³-hybridized carbons (Fsp3) is 0.282. The van der Waals surface area contributed by atoms with E-state index in [0.29, 0.717) is 18.1 Å². The number of halogens is 1. The van der Waals surface area contributed by atoms with Crippen LogP contribution in [0.3, 0.4) is 0 Å². The number of aromatic nitrogens is 5. The number of morpholine rings is 1. The summed E-state index contributed by atoms with van der Waals surface area (Å²) < 4.78 is 9.15. The van der Waals surface area contributed by atoms with E-state index in [2.05, 4.69) is 76.3 Å². The number of hydrogen-bond donors (Lipinski definition) is 3. The lowest BCUT2D eigenvalue weighted by atomic mass is 9.92. The van der Waals surface area contributed by atoms with E-state index >= 15 is 0 Å². The Labute approximate surface area is 322 Å². The number of nitrogens with zero attached hydrogens (tertiary/aromatic N) is 6. The van der Waals surface area contributed by atoms with Gasteiger partial charge in [0, 0.05) is 65.0 Å². The first-order valence-corrected chi connectivity index (χ1v) is 19.9. The molecule has 1 fully saturated rings. The molecular weight excluding hydrogens is 728 g/mol. The van der Waals surface area contributed by atoms with Gasteiger partial charge in [0.05, 0.1) is 29.6 Å². The van der Waals surface area contributed by atoms with Crippen LogP contribution in [-0.4, -0.2) is 78.7 Å². The standard InChI is InChI=1S/C39H41ClN8O3S2/c1-39(2,25-52-3)34-21-36(48(45-34)29-12-14-32(49)31(40)20-29)42-38(50)41-22-28-6-4-5-7-33(28)53-30-13-15-35-43-44-37(47(35)24-30)27-10-8-26(9-11-27)23-46-16-18-51-19-17-46/h4-15,20-21,24,49H,16-19,22-23,25H2,1-3H3,(H2,41,42,50). The van der Waals surface area contributed by atoms with Gasteiger partial charge < -0.3 is 15.2 Å². The fourth-order valence-electron chi connectivity index (χ4n) is 6.18. The second-order valence-electron chi connectivity index (χ2n) is 13.5. The van der Waals surface area contributed by atoms with Crippen molar-refractivity contribution >= 4 is 52.6 Å². The molecule has 3 aromatic heterocycles. The molecule has 0 unspecified atom stereocenters. The van der Waals surface area contributed by atoms with Crippen LogP contribution in [0.15, 0.2) is 101 Å². The minimum absolute atomic E-state index is 0.0266. The Hall–Kier alpha value is -4.53. The first kappa shape index (κ1) is 36.8. The topological polar surface area (TPSA) is 122 Å². The number of phenols is 1. The highest BCUT2D eigenvalue weighted by Crippen LogP contribution is 2.33. The normalized spacial score (nSPS) is 13.7. The smallest absolute Gasteiger partial charge is 0.320 e. The molecule has 0 atom stereocenters. The molecule has 4 heterocycles. The summed E-state index contributed by atoms with van der Waals surface area (Å²) in [6.07, 6.45) is 4.11. The van der Waals surface area contributed by atoms with Gasteiger partial charge in [-0.25, -0.2) is 9.48 Å². The summed E-state index contributed by atoms with van der Waals surface area (Å²) in [5, 5.41) is 30.0. The van der Waals surface area contributed by atoms with E-state index in [1.165, 1.54) is 11.6 Å². The molecule has 53 heavy (non-hydrogen) atoms. The van der Waals surface area contributed by atoms with Crippen molar-refractivity contribution in [2.75, 3.05) is 43.6 Å². The number of ether oxygens (including phenoxy) is 1. The summed E-state index contributed by atoms with van der Waals surface area (Å²) in [6, 6.07) is 26.9. The molecule has 7 rings (SSSR count). The summed E-state index contributed by atoms with van der Waals surface area (Å²) in [6.45, 7) is 8.90. The van der Waals surface area contributed by atoms with Gasteiger partial charge in [0.2, 0.25) is 0 Å². The number of aromatic hydroxyl groups is 1. The highest BCUT2D eigenvalue weighted by Gasteiger charge is 2.26. The van der Waals surface area contributed by atoms with Crippen LogP contribution in [0.25, 0.3) is 22.7 Å². The Kier molecular flexibility index (Phi) is 11.3. The lowest BCUT2D eigenvalue weighted by Gasteiger charge is -2.26. The van der Waals surface area contributed by atoms with Crippen molar-refractivity contribution in [1.82, 2.24) is 34.6 Å². The van der Waals surface area contributed by atoms with Crippen LogP contribution in [0.1, 0.15) is 30.7 Å². The highest BCUT2D eigenvalue weighted by atomic mass is 35.5. The summed E-state index contributed by atoms with van der Waals surface area (Å²) in [5.41, 5.74) is 5.17. The molecule has 11 nitrogen and oxygen atoms in total. The molecule has 1 aliphatic heterocycles. The van der Waals surface area contributed by atoms with Crippen molar-refractivity contribution in [3.05, 3.63) is 113 Å². The second-order valence-corrected chi connectivity index (χ2v) is 15.9. The van der Waals surface area contributed by atoms with Gasteiger partial charge >= 0.3 is 6.03 Å². The maximum Gasteiger partial charge on any atom is 0.320 e. The molecule has 14 heteroatoms. The van der Waals surface area contributed by atoms with Crippen LogP contribution in [0.5, 0.6) is 5.75 Å². The largest absolute Gasteiger partial charge is 0.506 e. The lowest BCUT2D eigenvalue weighted by Crippen LogP contribution is -2.35. The molecule has 1 saturated heterocycles. The number of nitrogens with one attached hydrogen (secondary N) is 2. The predicted molar refractivity (Wildman–Crippen MR) is 213 cm³/mol. The molecule has 274 valence electrons. The number of anilines is 1. The van der Waals surface area contributed by atoms with Crippen molar-refractivity contribution in [2.24, 2.45) is 0 Å². The second kappa shape index (κ2) is 16.2. The van der Waals surface area contributed by atoms with Gasteiger partial charge in [-0.1, -0.05) is 79.7 Å². The first-order chi connectivity index (χ1) is 25.7. The van der Waals surface area contributed by atoms with Crippen LogP contribution in [0.2, 0.25) is 5.02 Å². The van der Waals surface area contributed by atoms with Crippen molar-refractivity contribution < 1.29 is 14.6 Å². The molecule has 0 bridgehead atoms. The molecule has 1 aliphatic rings. The maximum absolute atomic E-state index is 13.4. The van der Waals surface area contributed by atoms with E-state index in [9.17, 15) is 9.90 Å². The zero-order valence-corrected chi connectivity index (χ0v) is 32.1. The maximum atomic E-state index is 13.4. The summed E-state index contributed by atoms with van der Waals surface area (Å²) in [4.78, 5) is 17.8. The minimum Gasteiger partial charge on any atom is -0.506 e. The number of phenolic OH excluding ortho intramolecular Hbond substituents is 1. The van der Waals surface area contributed by atoms with Crippen LogP contribution in [-0.2, 0) is 23.2 Å². The monoisotopic (exact) mass is 768 g/mol. The molecule has 0 aliphatic carbocycles. The van der Waals surface area contributed by atoms with Crippen molar-refractivity contribution in [3.8, 4) is 22.8 Å². The van der Waals surface area contributed by atoms with Crippen LogP contribution < -0.4 is 10.6 Å². The van der Waals surface area contributed by atoms with Gasteiger partial charge in [0.25, 0.3) is 0 Å². The van der Waals surface area contributed by atoms with Crippen LogP contribution in [0.4, 0.5) is 10.6 Å². The van der Waals surface area contributed by atoms with Crippen LogP contribution in [0, 0.1) is 0 Å². The van der Waals surface area contributed by atoms with Gasteiger partial charge in [0.1, 0.15) is 11.6 Å². The summed E-state index contributed by atoms with van der Waals surface area (Å²) >= 11 is 9.58. The van der Waals surface area contributed by atoms with E-state index in [-0.39, 0.29) is 22.2 Å². The molecule has 0 radical (unpaired) electrons. The van der Waals surface area contributed by atoms with Crippen molar-refractivity contribution in [3.63, 3.8) is 0 Å². The molecule has 6 aromatic rings. The number of thioether (sulfide) groups is 1. The summed E-state index contributed by atoms with van der Waals surface area (Å²) in [5.74, 6) is 2.08. The van der Waals surface area contributed by atoms with E-state index in [1.54, 1.807) is 40.3 Å². The number of carbonyl (C=O) groups excluding carboxylic acids is 1. The van der Waals surface area contributed by atoms with Crippen LogP contribution >= 0.6 is 35.1 Å². The number of urea groups is 1. The molecular formula is C39H41ClN8O3S2. The number of hydrogen-bond acceptors (Lipinski definition) is 9. The van der Waals surface area contributed by atoms with Crippen molar-refractivity contribution in [1.29, 1.82) is 0 Å². The third-order valence-electron chi connectivity index (χ3n) is 9.06. The minimum atomic E-state index is -0.378. The third-order valence-corrected chi connectivity index (χ3v) is 11.5. The average molecular weight is 769 g/mol. The fourth-order valence-corrected chi connectivity index (χ4v) is 8.19. The van der Waals surface area contributed by atoms with Crippen molar-refractivity contribution in [2.45, 2.75) is 42.1 Å². The molecule has 3 aromatic carbocycles. The first-order valence-electron chi connectivity index (χ1n) is 17.3. The number of benzene rings is 3. The Morgan fingerprint density at radius 3 is 2.57 bits per heavy atom.